The summed E-state index contributed by atoms with van der Waals surface area (Å²) in [7, 11) is 0. The van der Waals surface area contributed by atoms with Crippen molar-refractivity contribution in [2.45, 2.75) is 73.6 Å². The van der Waals surface area contributed by atoms with Gasteiger partial charge in [-0.05, 0) is 48.8 Å². The summed E-state index contributed by atoms with van der Waals surface area (Å²) in [4.78, 5) is 12.3. The number of anilines is 1. The van der Waals surface area contributed by atoms with Crippen LogP contribution in [0.4, 0.5) is 5.69 Å². The van der Waals surface area contributed by atoms with Crippen molar-refractivity contribution >= 4 is 11.6 Å². The smallest absolute Gasteiger partial charge is 0.251 e. The molecule has 2 heteroatoms. The molecule has 0 atom stereocenters. The van der Waals surface area contributed by atoms with Crippen molar-refractivity contribution in [1.29, 1.82) is 0 Å². The summed E-state index contributed by atoms with van der Waals surface area (Å²) >= 11 is 0. The molecule has 1 amide bonds. The van der Waals surface area contributed by atoms with Gasteiger partial charge in [-0.3, -0.25) is 4.79 Å². The van der Waals surface area contributed by atoms with Crippen LogP contribution in [0.2, 0.25) is 0 Å². The quantitative estimate of drug-likeness (QED) is 0.518. The first kappa shape index (κ1) is 24.7. The molecule has 2 rings (SSSR count). The molecule has 0 aromatic heterocycles. The SMILES string of the molecule is C/C=C(/C(=O)Nc1ccccc1)C(C)(C)CCC.Cc1ccc(C(C)(C)C)cc1. The summed E-state index contributed by atoms with van der Waals surface area (Å²) in [5.41, 5.74) is 4.64. The zero-order valence-corrected chi connectivity index (χ0v) is 19.6. The number of para-hydroxylation sites is 1. The van der Waals surface area contributed by atoms with Gasteiger partial charge in [-0.1, -0.05) is 102 Å². The van der Waals surface area contributed by atoms with Gasteiger partial charge in [-0.2, -0.15) is 0 Å². The van der Waals surface area contributed by atoms with E-state index in [9.17, 15) is 4.79 Å². The van der Waals surface area contributed by atoms with Crippen molar-refractivity contribution in [2.24, 2.45) is 5.41 Å². The highest BCUT2D eigenvalue weighted by atomic mass is 16.1. The van der Waals surface area contributed by atoms with Gasteiger partial charge in [0.15, 0.2) is 0 Å². The van der Waals surface area contributed by atoms with E-state index in [0.29, 0.717) is 0 Å². The lowest BCUT2D eigenvalue weighted by Gasteiger charge is -2.26. The third kappa shape index (κ3) is 8.27. The maximum absolute atomic E-state index is 12.3. The molecule has 29 heavy (non-hydrogen) atoms. The van der Waals surface area contributed by atoms with Gasteiger partial charge in [0.25, 0.3) is 5.91 Å². The van der Waals surface area contributed by atoms with Crippen LogP contribution in [0.5, 0.6) is 0 Å². The lowest BCUT2D eigenvalue weighted by atomic mass is 9.79. The second-order valence-corrected chi connectivity index (χ2v) is 9.27. The first-order chi connectivity index (χ1) is 13.5. The Labute approximate surface area is 178 Å². The maximum atomic E-state index is 12.3. The van der Waals surface area contributed by atoms with Crippen LogP contribution in [0.3, 0.4) is 0 Å². The largest absolute Gasteiger partial charge is 0.322 e. The zero-order chi connectivity index (χ0) is 22.1. The highest BCUT2D eigenvalue weighted by Crippen LogP contribution is 2.32. The minimum atomic E-state index is -0.0810. The lowest BCUT2D eigenvalue weighted by Crippen LogP contribution is -2.26. The van der Waals surface area contributed by atoms with Crippen molar-refractivity contribution in [3.63, 3.8) is 0 Å². The normalized spacial score (nSPS) is 12.1. The number of aryl methyl sites for hydroxylation is 1. The topological polar surface area (TPSA) is 29.1 Å². The van der Waals surface area contributed by atoms with Crippen LogP contribution in [0.25, 0.3) is 0 Å². The number of hydrogen-bond donors (Lipinski definition) is 1. The Morgan fingerprint density at radius 3 is 1.93 bits per heavy atom. The van der Waals surface area contributed by atoms with E-state index in [1.165, 1.54) is 11.1 Å². The van der Waals surface area contributed by atoms with Crippen molar-refractivity contribution in [3.8, 4) is 0 Å². The van der Waals surface area contributed by atoms with E-state index in [4.69, 9.17) is 0 Å². The van der Waals surface area contributed by atoms with Crippen LogP contribution in [0.15, 0.2) is 66.2 Å². The van der Waals surface area contributed by atoms with Gasteiger partial charge in [0.1, 0.15) is 0 Å². The monoisotopic (exact) mass is 393 g/mol. The third-order valence-corrected chi connectivity index (χ3v) is 5.09. The molecule has 2 aromatic carbocycles. The fourth-order valence-corrected chi connectivity index (χ4v) is 3.36. The third-order valence-electron chi connectivity index (χ3n) is 5.09. The molecule has 0 unspecified atom stereocenters. The molecule has 158 valence electrons. The van der Waals surface area contributed by atoms with Crippen LogP contribution in [-0.4, -0.2) is 5.91 Å². The summed E-state index contributed by atoms with van der Waals surface area (Å²) in [6, 6.07) is 18.3. The summed E-state index contributed by atoms with van der Waals surface area (Å²) in [6.07, 6.45) is 4.01. The molecule has 0 aliphatic carbocycles. The average Bonchev–Trinajstić information content (AvgIpc) is 2.63. The Bertz CT molecular complexity index is 778. The van der Waals surface area contributed by atoms with Gasteiger partial charge in [0.05, 0.1) is 0 Å². The van der Waals surface area contributed by atoms with Crippen LogP contribution in [0.1, 0.15) is 72.4 Å². The van der Waals surface area contributed by atoms with Gasteiger partial charge in [0.2, 0.25) is 0 Å². The van der Waals surface area contributed by atoms with E-state index in [1.807, 2.05) is 43.3 Å². The Hall–Kier alpha value is -2.35. The standard InChI is InChI=1S/C16H23NO.C11H16/c1-5-12-16(3,4)14(6-2)15(18)17-13-10-8-7-9-11-13;1-9-5-7-10(8-6-9)11(2,3)4/h6-11H,5,12H2,1-4H3,(H,17,18);5-8H,1-4H3/b14-6-;. The summed E-state index contributed by atoms with van der Waals surface area (Å²) in [5, 5.41) is 2.95. The molecular formula is C27H39NO. The number of nitrogens with one attached hydrogen (secondary N) is 1. The number of rotatable bonds is 5. The van der Waals surface area contributed by atoms with E-state index >= 15 is 0 Å². The fourth-order valence-electron chi connectivity index (χ4n) is 3.36. The Morgan fingerprint density at radius 1 is 0.931 bits per heavy atom. The van der Waals surface area contributed by atoms with Crippen LogP contribution >= 0.6 is 0 Å². The molecule has 2 aromatic rings. The summed E-state index contributed by atoms with van der Waals surface area (Å²) in [5.74, 6) is 0.00199. The van der Waals surface area contributed by atoms with E-state index < -0.39 is 0 Å². The second-order valence-electron chi connectivity index (χ2n) is 9.27. The summed E-state index contributed by atoms with van der Waals surface area (Å²) in [6.45, 7) is 17.1. The van der Waals surface area contributed by atoms with Gasteiger partial charge in [-0.25, -0.2) is 0 Å². The predicted octanol–water partition coefficient (Wildman–Crippen LogP) is 7.69. The lowest BCUT2D eigenvalue weighted by molar-refractivity contribution is -0.113. The van der Waals surface area contributed by atoms with E-state index in [0.717, 1.165) is 24.1 Å². The number of carbonyl (C=O) groups excluding carboxylic acids is 1. The Balaban J connectivity index is 0.000000326. The minimum absolute atomic E-state index is 0.00199. The molecule has 2 nitrogen and oxygen atoms in total. The molecule has 0 saturated carbocycles. The highest BCUT2D eigenvalue weighted by Gasteiger charge is 2.27. The Morgan fingerprint density at radius 2 is 1.48 bits per heavy atom. The van der Waals surface area contributed by atoms with E-state index in [1.54, 1.807) is 0 Å². The van der Waals surface area contributed by atoms with Crippen molar-refractivity contribution in [1.82, 2.24) is 0 Å². The zero-order valence-electron chi connectivity index (χ0n) is 19.6. The molecule has 1 N–H and O–H groups in total. The molecule has 0 heterocycles. The molecular weight excluding hydrogens is 354 g/mol. The molecule has 0 spiro atoms. The summed E-state index contributed by atoms with van der Waals surface area (Å²) < 4.78 is 0. The van der Waals surface area contributed by atoms with Crippen molar-refractivity contribution in [3.05, 3.63) is 77.4 Å². The number of hydrogen-bond acceptors (Lipinski definition) is 1. The van der Waals surface area contributed by atoms with Crippen molar-refractivity contribution < 1.29 is 4.79 Å². The molecule has 0 fully saturated rings. The van der Waals surface area contributed by atoms with Crippen LogP contribution < -0.4 is 5.32 Å². The van der Waals surface area contributed by atoms with Crippen LogP contribution in [-0.2, 0) is 10.2 Å². The number of benzene rings is 2. The number of allylic oxidation sites excluding steroid dienone is 1. The first-order valence-corrected chi connectivity index (χ1v) is 10.6. The van der Waals surface area contributed by atoms with E-state index in [-0.39, 0.29) is 16.7 Å². The first-order valence-electron chi connectivity index (χ1n) is 10.6. The number of carbonyl (C=O) groups is 1. The average molecular weight is 394 g/mol. The van der Waals surface area contributed by atoms with Gasteiger partial charge < -0.3 is 5.32 Å². The minimum Gasteiger partial charge on any atom is -0.322 e. The van der Waals surface area contributed by atoms with Crippen molar-refractivity contribution in [2.75, 3.05) is 5.32 Å². The predicted molar refractivity (Wildman–Crippen MR) is 127 cm³/mol. The molecule has 0 bridgehead atoms. The Kier molecular flexibility index (Phi) is 9.36. The molecule has 0 radical (unpaired) electrons. The highest BCUT2D eigenvalue weighted by molar-refractivity contribution is 6.04. The van der Waals surface area contributed by atoms with Gasteiger partial charge >= 0.3 is 0 Å². The molecule has 0 saturated heterocycles. The van der Waals surface area contributed by atoms with E-state index in [2.05, 4.69) is 78.0 Å². The van der Waals surface area contributed by atoms with Gasteiger partial charge in [0, 0.05) is 11.3 Å². The molecule has 0 aliphatic heterocycles. The molecule has 0 aliphatic rings. The number of amides is 1. The second kappa shape index (κ2) is 11.0. The van der Waals surface area contributed by atoms with Crippen LogP contribution in [0, 0.1) is 12.3 Å². The fraction of sp³-hybridized carbons (Fsp3) is 0.444. The maximum Gasteiger partial charge on any atom is 0.251 e. The van der Waals surface area contributed by atoms with Gasteiger partial charge in [-0.15, -0.1) is 0 Å².